The first-order chi connectivity index (χ1) is 17.1. The molecule has 1 amide bonds. The fraction of sp³-hybridized carbons (Fsp3) is 0.464. The van der Waals surface area contributed by atoms with E-state index in [4.69, 9.17) is 4.74 Å². The Labute approximate surface area is 208 Å². The molecule has 6 rings (SSSR count). The normalized spacial score (nSPS) is 30.7. The quantitative estimate of drug-likeness (QED) is 0.628. The lowest BCUT2D eigenvalue weighted by molar-refractivity contribution is -0.137. The molecule has 0 unspecified atom stereocenters. The third-order valence-electron chi connectivity index (χ3n) is 9.04. The number of piperidine rings is 1. The lowest BCUT2D eigenvalue weighted by Crippen LogP contribution is -2.68. The van der Waals surface area contributed by atoms with Crippen LogP contribution < -0.4 is 4.74 Å². The van der Waals surface area contributed by atoms with Crippen LogP contribution in [0.2, 0.25) is 0 Å². The van der Waals surface area contributed by atoms with E-state index in [1.807, 2.05) is 6.07 Å². The lowest BCUT2D eigenvalue weighted by atomic mass is 9.51. The van der Waals surface area contributed by atoms with Gasteiger partial charge in [0, 0.05) is 30.1 Å². The molecular formula is C28H29F3N2O3. The van der Waals surface area contributed by atoms with Crippen LogP contribution in [0, 0.1) is 5.92 Å². The van der Waals surface area contributed by atoms with Crippen molar-refractivity contribution in [2.75, 3.05) is 20.6 Å². The van der Waals surface area contributed by atoms with Crippen LogP contribution in [0.15, 0.2) is 42.5 Å². The standard InChI is InChI=1S/C28H29F3N2O3/c1-32-13-12-27-19-8-9-20(26(27)36-25-22(34)10-7-17(24(25)27)15-21(19)32)33(2)23(35)11-6-16-4-3-5-18(14-16)28(29,30)31/h3-7,10-11,14,19-21,26,34H,8-9,12-13,15H2,1-2H3/t19-,20+,21+,26-,27-/m0/s1. The van der Waals surface area contributed by atoms with Gasteiger partial charge in [-0.2, -0.15) is 13.2 Å². The van der Waals surface area contributed by atoms with Crippen molar-refractivity contribution >= 4 is 12.0 Å². The lowest BCUT2D eigenvalue weighted by Gasteiger charge is -2.59. The zero-order valence-corrected chi connectivity index (χ0v) is 20.3. The van der Waals surface area contributed by atoms with E-state index in [2.05, 4.69) is 11.9 Å². The zero-order chi connectivity index (χ0) is 25.4. The highest BCUT2D eigenvalue weighted by molar-refractivity contribution is 5.92. The number of rotatable bonds is 3. The molecule has 1 spiro atoms. The van der Waals surface area contributed by atoms with E-state index < -0.39 is 11.7 Å². The molecule has 8 heteroatoms. The molecule has 2 bridgehead atoms. The summed E-state index contributed by atoms with van der Waals surface area (Å²) in [5, 5.41) is 10.7. The molecule has 1 N–H and O–H groups in total. The number of carbonyl (C=O) groups is 1. The van der Waals surface area contributed by atoms with Crippen LogP contribution in [-0.2, 0) is 22.8 Å². The summed E-state index contributed by atoms with van der Waals surface area (Å²) in [6.45, 7) is 0.926. The number of aromatic hydroxyl groups is 1. The van der Waals surface area contributed by atoms with Gasteiger partial charge in [0.15, 0.2) is 11.5 Å². The fourth-order valence-corrected chi connectivity index (χ4v) is 7.37. The van der Waals surface area contributed by atoms with Gasteiger partial charge >= 0.3 is 6.18 Å². The summed E-state index contributed by atoms with van der Waals surface area (Å²) in [4.78, 5) is 17.3. The van der Waals surface area contributed by atoms with Crippen LogP contribution >= 0.6 is 0 Å². The van der Waals surface area contributed by atoms with Crippen LogP contribution in [0.5, 0.6) is 11.5 Å². The molecule has 2 aliphatic carbocycles. The minimum absolute atomic E-state index is 0.144. The first-order valence-corrected chi connectivity index (χ1v) is 12.5. The molecule has 4 aliphatic rings. The summed E-state index contributed by atoms with van der Waals surface area (Å²) in [6.07, 6.45) is 1.60. The Morgan fingerprint density at radius 2 is 2.06 bits per heavy atom. The number of hydrogen-bond acceptors (Lipinski definition) is 4. The molecule has 5 atom stereocenters. The van der Waals surface area contributed by atoms with Gasteiger partial charge < -0.3 is 19.6 Å². The molecule has 2 heterocycles. The van der Waals surface area contributed by atoms with Gasteiger partial charge in [0.1, 0.15) is 6.10 Å². The number of phenolic OH excluding ortho intramolecular Hbond substituents is 1. The molecular weight excluding hydrogens is 469 g/mol. The molecule has 1 saturated carbocycles. The maximum absolute atomic E-state index is 13.2. The van der Waals surface area contributed by atoms with Crippen molar-refractivity contribution in [3.05, 3.63) is 64.7 Å². The number of likely N-dealkylation sites (tertiary alicyclic amines) is 1. The van der Waals surface area contributed by atoms with Crippen molar-refractivity contribution in [3.63, 3.8) is 0 Å². The molecule has 2 fully saturated rings. The SMILES string of the molecule is CN1CC[C@]23c4c5ccc(O)c4O[C@H]2[C@H](N(C)C(=O)C=Cc2cccc(C(F)(F)F)c2)CC[C@H]3[C@H]1C5. The van der Waals surface area contributed by atoms with Crippen molar-refractivity contribution in [2.45, 2.75) is 55.5 Å². The number of amides is 1. The first-order valence-electron chi connectivity index (χ1n) is 12.5. The third-order valence-corrected chi connectivity index (χ3v) is 9.04. The van der Waals surface area contributed by atoms with E-state index in [9.17, 15) is 23.1 Å². The van der Waals surface area contributed by atoms with E-state index in [1.54, 1.807) is 24.1 Å². The van der Waals surface area contributed by atoms with Gasteiger partial charge in [-0.15, -0.1) is 0 Å². The maximum atomic E-state index is 13.2. The van der Waals surface area contributed by atoms with Crippen molar-refractivity contribution in [1.29, 1.82) is 0 Å². The second-order valence-corrected chi connectivity index (χ2v) is 10.7. The summed E-state index contributed by atoms with van der Waals surface area (Å²) in [5.41, 5.74) is 1.67. The monoisotopic (exact) mass is 498 g/mol. The minimum Gasteiger partial charge on any atom is -0.504 e. The Balaban J connectivity index is 1.30. The Kier molecular flexibility index (Phi) is 5.20. The van der Waals surface area contributed by atoms with Crippen LogP contribution in [0.1, 0.15) is 41.5 Å². The smallest absolute Gasteiger partial charge is 0.416 e. The van der Waals surface area contributed by atoms with E-state index in [0.717, 1.165) is 49.9 Å². The number of nitrogens with zero attached hydrogens (tertiary/aromatic N) is 2. The molecule has 2 aliphatic heterocycles. The number of likely N-dealkylation sites (N-methyl/N-ethyl adjacent to an activating group) is 2. The number of hydrogen-bond donors (Lipinski definition) is 1. The fourth-order valence-electron chi connectivity index (χ4n) is 7.37. The van der Waals surface area contributed by atoms with Crippen LogP contribution in [0.3, 0.4) is 0 Å². The van der Waals surface area contributed by atoms with E-state index in [0.29, 0.717) is 23.3 Å². The average molecular weight is 499 g/mol. The number of benzene rings is 2. The van der Waals surface area contributed by atoms with Gasteiger partial charge in [-0.25, -0.2) is 0 Å². The summed E-state index contributed by atoms with van der Waals surface area (Å²) in [6, 6.07) is 8.85. The number of halogens is 3. The molecule has 36 heavy (non-hydrogen) atoms. The predicted octanol–water partition coefficient (Wildman–Crippen LogP) is 4.62. The van der Waals surface area contributed by atoms with E-state index in [-0.39, 0.29) is 29.2 Å². The Morgan fingerprint density at radius 3 is 2.83 bits per heavy atom. The van der Waals surface area contributed by atoms with Crippen molar-refractivity contribution in [2.24, 2.45) is 5.92 Å². The van der Waals surface area contributed by atoms with Gasteiger partial charge in [-0.05, 0) is 80.6 Å². The molecule has 2 aromatic carbocycles. The Bertz CT molecular complexity index is 1260. The summed E-state index contributed by atoms with van der Waals surface area (Å²) in [7, 11) is 3.91. The maximum Gasteiger partial charge on any atom is 0.416 e. The molecule has 0 aromatic heterocycles. The molecule has 190 valence electrons. The predicted molar refractivity (Wildman–Crippen MR) is 129 cm³/mol. The summed E-state index contributed by atoms with van der Waals surface area (Å²) in [5.74, 6) is 0.817. The van der Waals surface area contributed by atoms with Crippen molar-refractivity contribution in [1.82, 2.24) is 9.80 Å². The summed E-state index contributed by atoms with van der Waals surface area (Å²) >= 11 is 0. The second kappa shape index (κ2) is 8.00. The van der Waals surface area contributed by atoms with Crippen molar-refractivity contribution < 1.29 is 27.8 Å². The number of ether oxygens (including phenoxy) is 1. The van der Waals surface area contributed by atoms with Crippen molar-refractivity contribution in [3.8, 4) is 11.5 Å². The summed E-state index contributed by atoms with van der Waals surface area (Å²) < 4.78 is 45.7. The van der Waals surface area contributed by atoms with Gasteiger partial charge in [0.2, 0.25) is 5.91 Å². The van der Waals surface area contributed by atoms with Gasteiger partial charge in [0.05, 0.1) is 11.6 Å². The topological polar surface area (TPSA) is 53.0 Å². The second-order valence-electron chi connectivity index (χ2n) is 10.7. The van der Waals surface area contributed by atoms with Gasteiger partial charge in [-0.3, -0.25) is 4.79 Å². The highest BCUT2D eigenvalue weighted by atomic mass is 19.4. The van der Waals surface area contributed by atoms with Gasteiger partial charge in [0.25, 0.3) is 0 Å². The largest absolute Gasteiger partial charge is 0.504 e. The van der Waals surface area contributed by atoms with Crippen LogP contribution in [-0.4, -0.2) is 59.6 Å². The van der Waals surface area contributed by atoms with Crippen LogP contribution in [0.25, 0.3) is 6.08 Å². The number of carbonyl (C=O) groups excluding carboxylic acids is 1. The highest BCUT2D eigenvalue weighted by Gasteiger charge is 2.66. The highest BCUT2D eigenvalue weighted by Crippen LogP contribution is 2.64. The zero-order valence-electron chi connectivity index (χ0n) is 20.3. The Morgan fingerprint density at radius 1 is 1.25 bits per heavy atom. The minimum atomic E-state index is -4.44. The van der Waals surface area contributed by atoms with E-state index in [1.165, 1.54) is 23.8 Å². The molecule has 5 nitrogen and oxygen atoms in total. The van der Waals surface area contributed by atoms with E-state index >= 15 is 0 Å². The van der Waals surface area contributed by atoms with Gasteiger partial charge in [-0.1, -0.05) is 18.2 Å². The molecule has 2 aromatic rings. The third kappa shape index (κ3) is 3.30. The van der Waals surface area contributed by atoms with Crippen LogP contribution in [0.4, 0.5) is 13.2 Å². The Hall–Kier alpha value is -3.00. The first kappa shape index (κ1) is 23.4. The number of alkyl halides is 3. The molecule has 0 radical (unpaired) electrons. The average Bonchev–Trinajstić information content (AvgIpc) is 3.21. The molecule has 1 saturated heterocycles. The number of phenols is 1.